The van der Waals surface area contributed by atoms with Gasteiger partial charge in [0.25, 0.3) is 0 Å². The van der Waals surface area contributed by atoms with Gasteiger partial charge in [0.1, 0.15) is 17.1 Å². The number of rotatable bonds is 3. The van der Waals surface area contributed by atoms with E-state index in [-0.39, 0.29) is 17.7 Å². The van der Waals surface area contributed by atoms with Crippen molar-refractivity contribution in [1.82, 2.24) is 5.32 Å². The molecule has 132 valence electrons. The Labute approximate surface area is 148 Å². The van der Waals surface area contributed by atoms with Crippen molar-refractivity contribution in [3.05, 3.63) is 53.6 Å². The Balaban J connectivity index is 1.77. The van der Waals surface area contributed by atoms with E-state index in [4.69, 9.17) is 9.47 Å². The van der Waals surface area contributed by atoms with Crippen molar-refractivity contribution in [2.24, 2.45) is 0 Å². The highest BCUT2D eigenvalue weighted by Gasteiger charge is 2.34. The molecule has 2 aromatic rings. The van der Waals surface area contributed by atoms with Gasteiger partial charge >= 0.3 is 6.03 Å². The van der Waals surface area contributed by atoms with Gasteiger partial charge in [0.2, 0.25) is 0 Å². The Morgan fingerprint density at radius 3 is 2.80 bits per heavy atom. The van der Waals surface area contributed by atoms with E-state index < -0.39 is 0 Å². The van der Waals surface area contributed by atoms with E-state index >= 15 is 0 Å². The zero-order valence-electron chi connectivity index (χ0n) is 15.1. The van der Waals surface area contributed by atoms with Crippen molar-refractivity contribution >= 4 is 11.7 Å². The third kappa shape index (κ3) is 4.05. The van der Waals surface area contributed by atoms with Crippen LogP contribution in [0.2, 0.25) is 0 Å². The largest absolute Gasteiger partial charge is 0.497 e. The van der Waals surface area contributed by atoms with Crippen LogP contribution in [0.4, 0.5) is 10.5 Å². The lowest BCUT2D eigenvalue weighted by Crippen LogP contribution is -2.42. The number of methoxy groups -OCH3 is 1. The minimum Gasteiger partial charge on any atom is -0.497 e. The maximum Gasteiger partial charge on any atom is 0.319 e. The van der Waals surface area contributed by atoms with E-state index in [0.29, 0.717) is 17.9 Å². The molecule has 1 aliphatic rings. The van der Waals surface area contributed by atoms with Crippen LogP contribution in [0.25, 0.3) is 0 Å². The van der Waals surface area contributed by atoms with Crippen LogP contribution < -0.4 is 20.1 Å². The van der Waals surface area contributed by atoms with Gasteiger partial charge in [-0.1, -0.05) is 23.8 Å². The molecule has 0 aromatic heterocycles. The first-order chi connectivity index (χ1) is 11.9. The van der Waals surface area contributed by atoms with Crippen molar-refractivity contribution in [2.45, 2.75) is 38.8 Å². The van der Waals surface area contributed by atoms with Gasteiger partial charge < -0.3 is 20.1 Å². The highest BCUT2D eigenvalue weighted by Crippen LogP contribution is 2.39. The number of hydrogen-bond donors (Lipinski definition) is 2. The third-order valence-corrected chi connectivity index (χ3v) is 4.26. The van der Waals surface area contributed by atoms with Gasteiger partial charge in [0, 0.05) is 23.7 Å². The zero-order valence-corrected chi connectivity index (χ0v) is 15.1. The molecular formula is C20H24N2O3. The van der Waals surface area contributed by atoms with Crippen LogP contribution in [0, 0.1) is 6.92 Å². The van der Waals surface area contributed by atoms with Crippen molar-refractivity contribution in [2.75, 3.05) is 12.4 Å². The van der Waals surface area contributed by atoms with Crippen molar-refractivity contribution < 1.29 is 14.3 Å². The predicted molar refractivity (Wildman–Crippen MR) is 98.4 cm³/mol. The van der Waals surface area contributed by atoms with Gasteiger partial charge in [-0.3, -0.25) is 0 Å². The lowest BCUT2D eigenvalue weighted by Gasteiger charge is -2.38. The molecule has 0 unspecified atom stereocenters. The number of anilines is 1. The lowest BCUT2D eigenvalue weighted by molar-refractivity contribution is 0.0682. The predicted octanol–water partition coefficient (Wildman–Crippen LogP) is 4.43. The molecule has 0 saturated heterocycles. The molecule has 1 heterocycles. The molecule has 3 rings (SSSR count). The monoisotopic (exact) mass is 340 g/mol. The van der Waals surface area contributed by atoms with Crippen molar-refractivity contribution in [1.29, 1.82) is 0 Å². The highest BCUT2D eigenvalue weighted by molar-refractivity contribution is 5.89. The van der Waals surface area contributed by atoms with Crippen LogP contribution >= 0.6 is 0 Å². The van der Waals surface area contributed by atoms with Gasteiger partial charge in [0.15, 0.2) is 0 Å². The number of nitrogens with one attached hydrogen (secondary N) is 2. The SMILES string of the molecule is COc1cccc(NC(=O)N[C@@H]2CC(C)(C)Oc3ccc(C)cc32)c1. The van der Waals surface area contributed by atoms with Crippen LogP contribution in [0.15, 0.2) is 42.5 Å². The number of ether oxygens (including phenoxy) is 2. The molecule has 0 bridgehead atoms. The maximum absolute atomic E-state index is 12.5. The summed E-state index contributed by atoms with van der Waals surface area (Å²) < 4.78 is 11.2. The van der Waals surface area contributed by atoms with E-state index in [1.54, 1.807) is 13.2 Å². The average molecular weight is 340 g/mol. The number of benzene rings is 2. The van der Waals surface area contributed by atoms with Crippen LogP contribution in [-0.4, -0.2) is 18.7 Å². The third-order valence-electron chi connectivity index (χ3n) is 4.26. The Bertz CT molecular complexity index is 786. The number of aryl methyl sites for hydroxylation is 1. The number of carbonyl (C=O) groups excluding carboxylic acids is 1. The molecule has 1 atom stereocenters. The van der Waals surface area contributed by atoms with E-state index in [9.17, 15) is 4.79 Å². The van der Waals surface area contributed by atoms with Crippen molar-refractivity contribution in [3.63, 3.8) is 0 Å². The van der Waals surface area contributed by atoms with Crippen LogP contribution in [0.3, 0.4) is 0 Å². The lowest BCUT2D eigenvalue weighted by atomic mass is 9.89. The number of amides is 2. The van der Waals surface area contributed by atoms with Gasteiger partial charge in [0.05, 0.1) is 13.2 Å². The molecule has 0 fully saturated rings. The molecule has 1 aliphatic heterocycles. The fourth-order valence-electron chi connectivity index (χ4n) is 3.13. The number of urea groups is 1. The standard InChI is InChI=1S/C20H24N2O3/c1-13-8-9-18-16(10-13)17(12-20(2,3)25-18)22-19(23)21-14-6-5-7-15(11-14)24-4/h5-11,17H,12H2,1-4H3,(H2,21,22,23)/t17-/m1/s1. The summed E-state index contributed by atoms with van der Waals surface area (Å²) in [7, 11) is 1.60. The summed E-state index contributed by atoms with van der Waals surface area (Å²) in [6.07, 6.45) is 0.703. The number of hydrogen-bond acceptors (Lipinski definition) is 3. The quantitative estimate of drug-likeness (QED) is 0.869. The van der Waals surface area contributed by atoms with Gasteiger partial charge in [-0.25, -0.2) is 4.79 Å². The van der Waals surface area contributed by atoms with E-state index in [1.807, 2.05) is 51.1 Å². The molecule has 25 heavy (non-hydrogen) atoms. The number of carbonyl (C=O) groups is 1. The van der Waals surface area contributed by atoms with E-state index in [0.717, 1.165) is 16.9 Å². The molecular weight excluding hydrogens is 316 g/mol. The summed E-state index contributed by atoms with van der Waals surface area (Å²) in [5.74, 6) is 1.53. The van der Waals surface area contributed by atoms with Gasteiger partial charge in [-0.15, -0.1) is 0 Å². The van der Waals surface area contributed by atoms with Crippen molar-refractivity contribution in [3.8, 4) is 11.5 Å². The Hall–Kier alpha value is -2.69. The minimum atomic E-state index is -0.337. The molecule has 5 nitrogen and oxygen atoms in total. The second-order valence-corrected chi connectivity index (χ2v) is 6.99. The summed E-state index contributed by atoms with van der Waals surface area (Å²) in [4.78, 5) is 12.5. The van der Waals surface area contributed by atoms with Crippen LogP contribution in [0.1, 0.15) is 37.4 Å². The first kappa shape index (κ1) is 17.1. The molecule has 0 aliphatic carbocycles. The molecule has 5 heteroatoms. The Kier molecular flexibility index (Phi) is 4.57. The average Bonchev–Trinajstić information content (AvgIpc) is 2.55. The second kappa shape index (κ2) is 6.67. The van der Waals surface area contributed by atoms with Crippen LogP contribution in [-0.2, 0) is 0 Å². The summed E-state index contributed by atoms with van der Waals surface area (Å²) in [6, 6.07) is 13.0. The Morgan fingerprint density at radius 2 is 2.04 bits per heavy atom. The fourth-order valence-corrected chi connectivity index (χ4v) is 3.13. The first-order valence-corrected chi connectivity index (χ1v) is 8.37. The Morgan fingerprint density at radius 1 is 1.24 bits per heavy atom. The molecule has 0 spiro atoms. The summed E-state index contributed by atoms with van der Waals surface area (Å²) in [6.45, 7) is 6.10. The maximum atomic E-state index is 12.5. The van der Waals surface area contributed by atoms with E-state index in [2.05, 4.69) is 16.7 Å². The first-order valence-electron chi connectivity index (χ1n) is 8.37. The summed E-state index contributed by atoms with van der Waals surface area (Å²) in [5.41, 5.74) is 2.51. The number of fused-ring (bicyclic) bond motifs is 1. The highest BCUT2D eigenvalue weighted by atomic mass is 16.5. The van der Waals surface area contributed by atoms with Gasteiger partial charge in [-0.2, -0.15) is 0 Å². The summed E-state index contributed by atoms with van der Waals surface area (Å²) >= 11 is 0. The smallest absolute Gasteiger partial charge is 0.319 e. The molecule has 2 N–H and O–H groups in total. The zero-order chi connectivity index (χ0) is 18.0. The summed E-state index contributed by atoms with van der Waals surface area (Å²) in [5, 5.41) is 5.94. The van der Waals surface area contributed by atoms with Gasteiger partial charge in [-0.05, 0) is 39.0 Å². The van der Waals surface area contributed by atoms with Crippen LogP contribution in [0.5, 0.6) is 11.5 Å². The second-order valence-electron chi connectivity index (χ2n) is 6.99. The normalized spacial score (nSPS) is 17.8. The molecule has 2 amide bonds. The molecule has 0 saturated carbocycles. The minimum absolute atomic E-state index is 0.107. The van der Waals surface area contributed by atoms with E-state index in [1.165, 1.54) is 0 Å². The molecule has 2 aromatic carbocycles. The fraction of sp³-hybridized carbons (Fsp3) is 0.350. The molecule has 0 radical (unpaired) electrons. The topological polar surface area (TPSA) is 59.6 Å².